The Bertz CT molecular complexity index is 266. The van der Waals surface area contributed by atoms with Crippen LogP contribution in [0.5, 0.6) is 0 Å². The summed E-state index contributed by atoms with van der Waals surface area (Å²) in [6.45, 7) is 11.4. The van der Waals surface area contributed by atoms with Gasteiger partial charge >= 0.3 is 0 Å². The van der Waals surface area contributed by atoms with Crippen molar-refractivity contribution in [2.24, 2.45) is 5.92 Å². The highest BCUT2D eigenvalue weighted by Crippen LogP contribution is 2.12. The number of amides is 1. The van der Waals surface area contributed by atoms with Gasteiger partial charge in [0.2, 0.25) is 5.91 Å². The molecule has 0 aromatic heterocycles. The lowest BCUT2D eigenvalue weighted by Gasteiger charge is -2.22. The van der Waals surface area contributed by atoms with E-state index in [2.05, 4.69) is 45.0 Å². The number of carbonyl (C=O) groups excluding carboxylic acids is 1. The Morgan fingerprint density at radius 2 is 2.06 bits per heavy atom. The second kappa shape index (κ2) is 7.10. The molecule has 1 aliphatic heterocycles. The van der Waals surface area contributed by atoms with E-state index in [0.717, 1.165) is 32.6 Å². The van der Waals surface area contributed by atoms with Gasteiger partial charge in [0.05, 0.1) is 12.7 Å². The summed E-state index contributed by atoms with van der Waals surface area (Å²) >= 11 is 0. The zero-order valence-corrected chi connectivity index (χ0v) is 12.6. The molecule has 1 N–H and O–H groups in total. The lowest BCUT2D eigenvalue weighted by atomic mass is 10.0. The number of hydrogen-bond donors (Lipinski definition) is 1. The van der Waals surface area contributed by atoms with E-state index in [0.29, 0.717) is 12.0 Å². The average molecular weight is 255 g/mol. The molecule has 0 aliphatic carbocycles. The van der Waals surface area contributed by atoms with Crippen molar-refractivity contribution in [3.63, 3.8) is 0 Å². The molecule has 0 radical (unpaired) electrons. The average Bonchev–Trinajstić information content (AvgIpc) is 2.60. The maximum atomic E-state index is 12.1. The third-order valence-corrected chi connectivity index (χ3v) is 3.67. The van der Waals surface area contributed by atoms with Crippen LogP contribution >= 0.6 is 0 Å². The van der Waals surface area contributed by atoms with E-state index < -0.39 is 0 Å². The summed E-state index contributed by atoms with van der Waals surface area (Å²) < 4.78 is 0. The van der Waals surface area contributed by atoms with Crippen LogP contribution < -0.4 is 5.32 Å². The van der Waals surface area contributed by atoms with Gasteiger partial charge in [-0.15, -0.1) is 0 Å². The molecule has 1 fully saturated rings. The Hall–Kier alpha value is -0.610. The molecule has 0 bridgehead atoms. The molecule has 4 heteroatoms. The van der Waals surface area contributed by atoms with Crippen molar-refractivity contribution < 1.29 is 4.79 Å². The summed E-state index contributed by atoms with van der Waals surface area (Å²) in [4.78, 5) is 16.4. The first-order valence-corrected chi connectivity index (χ1v) is 7.14. The highest BCUT2D eigenvalue weighted by atomic mass is 16.2. The normalized spacial score (nSPS) is 20.8. The minimum absolute atomic E-state index is 0.0489. The van der Waals surface area contributed by atoms with Crippen LogP contribution in [0.2, 0.25) is 0 Å². The largest absolute Gasteiger partial charge is 0.329 e. The van der Waals surface area contributed by atoms with E-state index in [1.165, 1.54) is 0 Å². The van der Waals surface area contributed by atoms with E-state index in [1.54, 1.807) is 0 Å². The number of nitrogens with one attached hydrogen (secondary N) is 1. The Morgan fingerprint density at radius 1 is 1.39 bits per heavy atom. The molecular weight excluding hydrogens is 226 g/mol. The minimum atomic E-state index is 0.0489. The van der Waals surface area contributed by atoms with Gasteiger partial charge in [0.1, 0.15) is 0 Å². The third-order valence-electron chi connectivity index (χ3n) is 3.67. The summed E-state index contributed by atoms with van der Waals surface area (Å²) in [6.07, 6.45) is 2.00. The van der Waals surface area contributed by atoms with Gasteiger partial charge < -0.3 is 9.80 Å². The summed E-state index contributed by atoms with van der Waals surface area (Å²) in [5.41, 5.74) is 0. The van der Waals surface area contributed by atoms with Gasteiger partial charge in [-0.25, -0.2) is 0 Å². The number of carbonyl (C=O) groups is 1. The first kappa shape index (κ1) is 15.4. The van der Waals surface area contributed by atoms with Crippen LogP contribution in [-0.2, 0) is 4.79 Å². The molecule has 0 spiro atoms. The first-order valence-electron chi connectivity index (χ1n) is 7.14. The first-order chi connectivity index (χ1) is 8.41. The van der Waals surface area contributed by atoms with E-state index >= 15 is 0 Å². The maximum absolute atomic E-state index is 12.1. The molecule has 1 aliphatic rings. The van der Waals surface area contributed by atoms with Crippen LogP contribution in [0.4, 0.5) is 0 Å². The highest BCUT2D eigenvalue weighted by molar-refractivity contribution is 5.83. The zero-order chi connectivity index (χ0) is 13.7. The molecule has 18 heavy (non-hydrogen) atoms. The Morgan fingerprint density at radius 3 is 2.61 bits per heavy atom. The molecule has 1 unspecified atom stereocenters. The van der Waals surface area contributed by atoms with Gasteiger partial charge in [-0.2, -0.15) is 0 Å². The van der Waals surface area contributed by atoms with E-state index in [4.69, 9.17) is 0 Å². The summed E-state index contributed by atoms with van der Waals surface area (Å²) in [6, 6.07) is 0.624. The fourth-order valence-corrected chi connectivity index (χ4v) is 2.22. The Balaban J connectivity index is 2.26. The lowest BCUT2D eigenvalue weighted by molar-refractivity contribution is -0.129. The SMILES string of the molecule is CC(C)CC1NCN(CCCN(C)C(C)C)C1=O. The van der Waals surface area contributed by atoms with Crippen molar-refractivity contribution in [2.75, 3.05) is 26.8 Å². The van der Waals surface area contributed by atoms with Gasteiger partial charge in [0, 0.05) is 12.6 Å². The van der Waals surface area contributed by atoms with E-state index in [1.807, 2.05) is 4.90 Å². The summed E-state index contributed by atoms with van der Waals surface area (Å²) in [5.74, 6) is 0.856. The Kier molecular flexibility index (Phi) is 6.09. The second-order valence-electron chi connectivity index (χ2n) is 6.07. The smallest absolute Gasteiger partial charge is 0.240 e. The fraction of sp³-hybridized carbons (Fsp3) is 0.929. The molecule has 1 atom stereocenters. The standard InChI is InChI=1S/C14H29N3O/c1-11(2)9-13-14(18)17(10-15-13)8-6-7-16(5)12(3)4/h11-13,15H,6-10H2,1-5H3. The molecule has 1 heterocycles. The van der Waals surface area contributed by atoms with Crippen molar-refractivity contribution in [3.8, 4) is 0 Å². The van der Waals surface area contributed by atoms with Gasteiger partial charge in [-0.3, -0.25) is 10.1 Å². The van der Waals surface area contributed by atoms with Crippen molar-refractivity contribution in [1.82, 2.24) is 15.1 Å². The van der Waals surface area contributed by atoms with Crippen LogP contribution in [0.3, 0.4) is 0 Å². The van der Waals surface area contributed by atoms with Gasteiger partial charge in [0.15, 0.2) is 0 Å². The molecule has 0 saturated carbocycles. The zero-order valence-electron chi connectivity index (χ0n) is 12.6. The van der Waals surface area contributed by atoms with Crippen LogP contribution in [0, 0.1) is 5.92 Å². The number of rotatable bonds is 7. The van der Waals surface area contributed by atoms with E-state index in [9.17, 15) is 4.79 Å². The molecule has 4 nitrogen and oxygen atoms in total. The molecule has 0 aromatic rings. The summed E-state index contributed by atoms with van der Waals surface area (Å²) in [5, 5.41) is 3.31. The van der Waals surface area contributed by atoms with Crippen molar-refractivity contribution in [3.05, 3.63) is 0 Å². The van der Waals surface area contributed by atoms with Crippen molar-refractivity contribution in [2.45, 2.75) is 52.6 Å². The summed E-state index contributed by atoms with van der Waals surface area (Å²) in [7, 11) is 2.14. The molecular formula is C14H29N3O. The lowest BCUT2D eigenvalue weighted by Crippen LogP contribution is -2.34. The Labute approximate surface area is 112 Å². The van der Waals surface area contributed by atoms with Gasteiger partial charge in [-0.05, 0) is 46.2 Å². The maximum Gasteiger partial charge on any atom is 0.240 e. The number of nitrogens with zero attached hydrogens (tertiary/aromatic N) is 2. The van der Waals surface area contributed by atoms with Crippen LogP contribution in [-0.4, -0.2) is 54.6 Å². The van der Waals surface area contributed by atoms with Crippen LogP contribution in [0.25, 0.3) is 0 Å². The topological polar surface area (TPSA) is 35.6 Å². The van der Waals surface area contributed by atoms with Gasteiger partial charge in [0.25, 0.3) is 0 Å². The van der Waals surface area contributed by atoms with Crippen LogP contribution in [0.15, 0.2) is 0 Å². The molecule has 1 amide bonds. The highest BCUT2D eigenvalue weighted by Gasteiger charge is 2.30. The van der Waals surface area contributed by atoms with Crippen molar-refractivity contribution in [1.29, 1.82) is 0 Å². The third kappa shape index (κ3) is 4.58. The minimum Gasteiger partial charge on any atom is -0.329 e. The monoisotopic (exact) mass is 255 g/mol. The fourth-order valence-electron chi connectivity index (χ4n) is 2.22. The predicted molar refractivity (Wildman–Crippen MR) is 75.3 cm³/mol. The number of hydrogen-bond acceptors (Lipinski definition) is 3. The molecule has 1 rings (SSSR count). The van der Waals surface area contributed by atoms with Crippen LogP contribution in [0.1, 0.15) is 40.5 Å². The molecule has 0 aromatic carbocycles. The molecule has 1 saturated heterocycles. The van der Waals surface area contributed by atoms with E-state index in [-0.39, 0.29) is 11.9 Å². The van der Waals surface area contributed by atoms with Gasteiger partial charge in [-0.1, -0.05) is 13.8 Å². The van der Waals surface area contributed by atoms with Crippen molar-refractivity contribution >= 4 is 5.91 Å². The molecule has 106 valence electrons. The second-order valence-corrected chi connectivity index (χ2v) is 6.07. The quantitative estimate of drug-likeness (QED) is 0.749. The predicted octanol–water partition coefficient (Wildman–Crippen LogP) is 1.52.